The first-order valence-electron chi connectivity index (χ1n) is 16.3. The molecule has 0 aliphatic carbocycles. The van der Waals surface area contributed by atoms with Crippen molar-refractivity contribution in [2.75, 3.05) is 0 Å². The summed E-state index contributed by atoms with van der Waals surface area (Å²) in [7, 11) is 0. The molecule has 0 saturated heterocycles. The molecule has 9 rings (SSSR count). The van der Waals surface area contributed by atoms with Crippen LogP contribution < -0.4 is 0 Å². The van der Waals surface area contributed by atoms with Gasteiger partial charge in [0.1, 0.15) is 0 Å². The molecule has 0 fully saturated rings. The fourth-order valence-electron chi connectivity index (χ4n) is 7.47. The van der Waals surface area contributed by atoms with Gasteiger partial charge in [0.25, 0.3) is 0 Å². The first-order valence-corrected chi connectivity index (χ1v) is 16.3. The Hall–Kier alpha value is -7.39. The fraction of sp³-hybridized carbons (Fsp3) is 0. The van der Waals surface area contributed by atoms with Crippen molar-refractivity contribution < 1.29 is 0 Å². The van der Waals surface area contributed by atoms with Crippen LogP contribution in [0.1, 0.15) is 16.7 Å². The minimum Gasteiger partial charge on any atom is -0.309 e. The van der Waals surface area contributed by atoms with Gasteiger partial charge in [-0.1, -0.05) is 78.9 Å². The van der Waals surface area contributed by atoms with Crippen LogP contribution in [0.25, 0.3) is 77.2 Å². The standard InChI is InChI=1S/C45H25N5/c46-26-29-19-22-43-39(23-29)37-14-3-6-17-42(37)50(43)44-18-8-10-33(28-48)45(44)31-20-21-32(27-47)38(25-31)30-9-7-11-34(24-30)49-40-15-4-1-12-35(40)36-13-2-5-16-41(36)49/h1-25H. The summed E-state index contributed by atoms with van der Waals surface area (Å²) >= 11 is 0. The summed E-state index contributed by atoms with van der Waals surface area (Å²) in [5.41, 5.74) is 10.9. The average molecular weight is 636 g/mol. The maximum Gasteiger partial charge on any atom is 0.0998 e. The first kappa shape index (κ1) is 28.8. The number of fused-ring (bicyclic) bond motifs is 6. The summed E-state index contributed by atoms with van der Waals surface area (Å²) in [6.45, 7) is 0. The van der Waals surface area contributed by atoms with Crippen molar-refractivity contribution >= 4 is 43.6 Å². The highest BCUT2D eigenvalue weighted by Gasteiger charge is 2.20. The molecule has 7 aromatic carbocycles. The van der Waals surface area contributed by atoms with Gasteiger partial charge in [0, 0.05) is 38.4 Å². The molecule has 2 aromatic heterocycles. The zero-order chi connectivity index (χ0) is 33.8. The molecule has 2 heterocycles. The predicted molar refractivity (Wildman–Crippen MR) is 200 cm³/mol. The Morgan fingerprint density at radius 1 is 0.400 bits per heavy atom. The van der Waals surface area contributed by atoms with E-state index in [2.05, 4.69) is 100 Å². The van der Waals surface area contributed by atoms with Gasteiger partial charge >= 0.3 is 0 Å². The zero-order valence-corrected chi connectivity index (χ0v) is 26.7. The van der Waals surface area contributed by atoms with Gasteiger partial charge < -0.3 is 9.13 Å². The van der Waals surface area contributed by atoms with E-state index in [1.807, 2.05) is 78.9 Å². The third kappa shape index (κ3) is 4.31. The molecule has 0 unspecified atom stereocenters. The van der Waals surface area contributed by atoms with E-state index in [4.69, 9.17) is 0 Å². The van der Waals surface area contributed by atoms with E-state index in [-0.39, 0.29) is 0 Å². The lowest BCUT2D eigenvalue weighted by Crippen LogP contribution is -2.00. The molecule has 230 valence electrons. The number of hydrogen-bond donors (Lipinski definition) is 0. The van der Waals surface area contributed by atoms with Crippen molar-refractivity contribution in [3.05, 3.63) is 168 Å². The molecule has 0 aliphatic heterocycles. The van der Waals surface area contributed by atoms with E-state index in [0.717, 1.165) is 66.5 Å². The highest BCUT2D eigenvalue weighted by molar-refractivity contribution is 6.11. The molecular formula is C45H25N5. The van der Waals surface area contributed by atoms with Crippen LogP contribution >= 0.6 is 0 Å². The van der Waals surface area contributed by atoms with Crippen molar-refractivity contribution in [1.82, 2.24) is 9.13 Å². The minimum atomic E-state index is 0.525. The van der Waals surface area contributed by atoms with Gasteiger partial charge in [-0.15, -0.1) is 0 Å². The van der Waals surface area contributed by atoms with Crippen LogP contribution in [0, 0.1) is 34.0 Å². The Labute approximate surface area is 287 Å². The maximum atomic E-state index is 10.4. The van der Waals surface area contributed by atoms with E-state index < -0.39 is 0 Å². The summed E-state index contributed by atoms with van der Waals surface area (Å²) in [5.74, 6) is 0. The molecule has 0 saturated carbocycles. The number of benzene rings is 7. The van der Waals surface area contributed by atoms with Crippen LogP contribution in [0.5, 0.6) is 0 Å². The molecule has 0 amide bonds. The number of nitriles is 3. The highest BCUT2D eigenvalue weighted by atomic mass is 15.0. The van der Waals surface area contributed by atoms with E-state index in [1.54, 1.807) is 0 Å². The normalized spacial score (nSPS) is 11.1. The smallest absolute Gasteiger partial charge is 0.0998 e. The van der Waals surface area contributed by atoms with Gasteiger partial charge in [0.15, 0.2) is 0 Å². The van der Waals surface area contributed by atoms with Gasteiger partial charge in [0.05, 0.1) is 62.7 Å². The molecule has 0 atom stereocenters. The van der Waals surface area contributed by atoms with Gasteiger partial charge in [-0.25, -0.2) is 0 Å². The average Bonchev–Trinajstić information content (AvgIpc) is 3.70. The summed E-state index contributed by atoms with van der Waals surface area (Å²) in [5, 5.41) is 34.8. The van der Waals surface area contributed by atoms with Crippen LogP contribution in [0.15, 0.2) is 152 Å². The molecule has 0 bridgehead atoms. The Kier molecular flexibility index (Phi) is 6.56. The summed E-state index contributed by atoms with van der Waals surface area (Å²) < 4.78 is 4.44. The molecule has 0 N–H and O–H groups in total. The molecule has 50 heavy (non-hydrogen) atoms. The number of para-hydroxylation sites is 3. The fourth-order valence-corrected chi connectivity index (χ4v) is 7.47. The van der Waals surface area contributed by atoms with E-state index in [9.17, 15) is 15.8 Å². The Balaban J connectivity index is 1.27. The maximum absolute atomic E-state index is 10.4. The number of hydrogen-bond acceptors (Lipinski definition) is 3. The van der Waals surface area contributed by atoms with Crippen LogP contribution in [0.4, 0.5) is 0 Å². The molecular weight excluding hydrogens is 611 g/mol. The van der Waals surface area contributed by atoms with Crippen molar-refractivity contribution in [3.63, 3.8) is 0 Å². The molecule has 9 aromatic rings. The predicted octanol–water partition coefficient (Wildman–Crippen LogP) is 10.8. The molecule has 0 radical (unpaired) electrons. The van der Waals surface area contributed by atoms with Crippen molar-refractivity contribution in [2.45, 2.75) is 0 Å². The minimum absolute atomic E-state index is 0.525. The molecule has 0 spiro atoms. The first-order chi connectivity index (χ1) is 24.7. The lowest BCUT2D eigenvalue weighted by molar-refractivity contribution is 1.18. The van der Waals surface area contributed by atoms with E-state index >= 15 is 0 Å². The molecule has 0 aliphatic rings. The van der Waals surface area contributed by atoms with Gasteiger partial charge in [-0.3, -0.25) is 0 Å². The summed E-state index contributed by atoms with van der Waals surface area (Å²) in [4.78, 5) is 0. The van der Waals surface area contributed by atoms with Crippen molar-refractivity contribution in [2.24, 2.45) is 0 Å². The van der Waals surface area contributed by atoms with Crippen LogP contribution in [0.3, 0.4) is 0 Å². The highest BCUT2D eigenvalue weighted by Crippen LogP contribution is 2.40. The second-order valence-corrected chi connectivity index (χ2v) is 12.3. The second-order valence-electron chi connectivity index (χ2n) is 12.3. The second kappa shape index (κ2) is 11.4. The number of nitrogens with zero attached hydrogens (tertiary/aromatic N) is 5. The number of aromatic nitrogens is 2. The van der Waals surface area contributed by atoms with Crippen LogP contribution in [-0.2, 0) is 0 Å². The Morgan fingerprint density at radius 3 is 1.70 bits per heavy atom. The SMILES string of the molecule is N#Cc1ccc2c(c1)c1ccccc1n2-c1cccc(C#N)c1-c1ccc(C#N)c(-c2cccc(-n3c4ccccc4c4ccccc43)c2)c1. The van der Waals surface area contributed by atoms with Crippen LogP contribution in [0.2, 0.25) is 0 Å². The van der Waals surface area contributed by atoms with Gasteiger partial charge in [-0.2, -0.15) is 15.8 Å². The number of rotatable bonds is 4. The Bertz CT molecular complexity index is 2920. The van der Waals surface area contributed by atoms with E-state index in [1.165, 1.54) is 10.8 Å². The van der Waals surface area contributed by atoms with Crippen LogP contribution in [-0.4, -0.2) is 9.13 Å². The zero-order valence-electron chi connectivity index (χ0n) is 26.7. The van der Waals surface area contributed by atoms with Gasteiger partial charge in [-0.05, 0) is 83.9 Å². The summed E-state index contributed by atoms with van der Waals surface area (Å²) in [6, 6.07) is 57.7. The lowest BCUT2D eigenvalue weighted by atomic mass is 9.92. The monoisotopic (exact) mass is 635 g/mol. The molecule has 5 nitrogen and oxygen atoms in total. The third-order valence-corrected chi connectivity index (χ3v) is 9.63. The van der Waals surface area contributed by atoms with Gasteiger partial charge in [0.2, 0.25) is 0 Å². The topological polar surface area (TPSA) is 81.2 Å². The largest absolute Gasteiger partial charge is 0.309 e. The molecule has 5 heteroatoms. The van der Waals surface area contributed by atoms with Crippen molar-refractivity contribution in [3.8, 4) is 51.8 Å². The quantitative estimate of drug-likeness (QED) is 0.193. The van der Waals surface area contributed by atoms with Crippen molar-refractivity contribution in [1.29, 1.82) is 15.8 Å². The lowest BCUT2D eigenvalue weighted by Gasteiger charge is -2.17. The Morgan fingerprint density at radius 2 is 1.02 bits per heavy atom. The van der Waals surface area contributed by atoms with E-state index in [0.29, 0.717) is 16.7 Å². The third-order valence-electron chi connectivity index (χ3n) is 9.63. The summed E-state index contributed by atoms with van der Waals surface area (Å²) in [6.07, 6.45) is 0.